The fraction of sp³-hybridized carbons (Fsp3) is 0.160. The number of nitrogens with zero attached hydrogens (tertiary/aromatic N) is 2. The maximum Gasteiger partial charge on any atom is 0.295 e. The van der Waals surface area contributed by atoms with Crippen molar-refractivity contribution in [2.75, 3.05) is 7.11 Å². The van der Waals surface area contributed by atoms with Gasteiger partial charge in [-0.1, -0.05) is 30.3 Å². The normalized spacial score (nSPS) is 17.6. The second-order valence-corrected chi connectivity index (χ2v) is 7.49. The molecule has 4 rings (SSSR count). The summed E-state index contributed by atoms with van der Waals surface area (Å²) in [7, 11) is 1.38. The van der Waals surface area contributed by atoms with Crippen molar-refractivity contribution in [1.29, 1.82) is 0 Å². The molecule has 0 saturated carbocycles. The number of pyridine rings is 1. The number of carbonyl (C=O) groups is 2. The smallest absolute Gasteiger partial charge is 0.295 e. The molecule has 2 aromatic carbocycles. The lowest BCUT2D eigenvalue weighted by atomic mass is 9.92. The van der Waals surface area contributed by atoms with Gasteiger partial charge in [-0.05, 0) is 47.9 Å². The number of methoxy groups -OCH3 is 1. The number of hydrogen-bond acceptors (Lipinski definition) is 5. The quantitative estimate of drug-likeness (QED) is 0.372. The fourth-order valence-electron chi connectivity index (χ4n) is 3.96. The van der Waals surface area contributed by atoms with Crippen LogP contribution in [-0.2, 0) is 16.1 Å². The number of aliphatic hydroxyl groups excluding tert-OH is 1. The Morgan fingerprint density at radius 2 is 1.94 bits per heavy atom. The summed E-state index contributed by atoms with van der Waals surface area (Å²) in [4.78, 5) is 31.7. The number of Topliss-reactive ketones (excluding diaryl/α,β-unsaturated/α-hetero) is 1. The van der Waals surface area contributed by atoms with E-state index in [1.54, 1.807) is 36.7 Å². The monoisotopic (exact) mass is 432 g/mol. The van der Waals surface area contributed by atoms with Crippen LogP contribution in [0, 0.1) is 12.7 Å². The minimum absolute atomic E-state index is 0.00506. The van der Waals surface area contributed by atoms with Gasteiger partial charge in [0.25, 0.3) is 11.7 Å². The molecule has 0 bridgehead atoms. The molecule has 1 aromatic heterocycles. The molecule has 1 saturated heterocycles. The molecule has 1 atom stereocenters. The van der Waals surface area contributed by atoms with E-state index in [-0.39, 0.29) is 23.4 Å². The maximum atomic E-state index is 14.0. The number of aryl methyl sites for hydroxylation is 1. The van der Waals surface area contributed by atoms with E-state index in [4.69, 9.17) is 4.74 Å². The number of benzene rings is 2. The second-order valence-electron chi connectivity index (χ2n) is 7.49. The number of carbonyl (C=O) groups excluding carboxylic acids is 2. The van der Waals surface area contributed by atoms with Crippen molar-refractivity contribution in [2.24, 2.45) is 0 Å². The number of halogens is 1. The zero-order valence-electron chi connectivity index (χ0n) is 17.6. The summed E-state index contributed by atoms with van der Waals surface area (Å²) in [5.74, 6) is -2.50. The van der Waals surface area contributed by atoms with Crippen molar-refractivity contribution in [1.82, 2.24) is 9.88 Å². The van der Waals surface area contributed by atoms with Crippen LogP contribution in [0.25, 0.3) is 5.76 Å². The van der Waals surface area contributed by atoms with Crippen molar-refractivity contribution >= 4 is 17.4 Å². The van der Waals surface area contributed by atoms with E-state index in [1.807, 2.05) is 19.1 Å². The molecule has 7 heteroatoms. The summed E-state index contributed by atoms with van der Waals surface area (Å²) in [5.41, 5.74) is 2.15. The third kappa shape index (κ3) is 3.73. The summed E-state index contributed by atoms with van der Waals surface area (Å²) in [5, 5.41) is 11.2. The van der Waals surface area contributed by atoms with E-state index in [0.717, 1.165) is 17.2 Å². The molecule has 0 aliphatic carbocycles. The third-order valence-corrected chi connectivity index (χ3v) is 5.52. The molecule has 1 unspecified atom stereocenters. The van der Waals surface area contributed by atoms with Crippen LogP contribution in [0.15, 0.2) is 72.6 Å². The highest BCUT2D eigenvalue weighted by molar-refractivity contribution is 6.46. The Kier molecular flexibility index (Phi) is 5.73. The van der Waals surface area contributed by atoms with Crippen molar-refractivity contribution in [2.45, 2.75) is 19.5 Å². The van der Waals surface area contributed by atoms with Crippen molar-refractivity contribution in [3.8, 4) is 5.75 Å². The van der Waals surface area contributed by atoms with Gasteiger partial charge in [0, 0.05) is 18.9 Å². The molecule has 6 nitrogen and oxygen atoms in total. The first kappa shape index (κ1) is 21.2. The van der Waals surface area contributed by atoms with Gasteiger partial charge in [0.15, 0.2) is 0 Å². The molecule has 32 heavy (non-hydrogen) atoms. The van der Waals surface area contributed by atoms with E-state index >= 15 is 0 Å². The predicted octanol–water partition coefficient (Wildman–Crippen LogP) is 4.16. The van der Waals surface area contributed by atoms with Gasteiger partial charge in [0.2, 0.25) is 0 Å². The Morgan fingerprint density at radius 1 is 1.16 bits per heavy atom. The maximum absolute atomic E-state index is 14.0. The number of ketones is 1. The fourth-order valence-corrected chi connectivity index (χ4v) is 3.96. The van der Waals surface area contributed by atoms with Crippen LogP contribution < -0.4 is 4.74 Å². The van der Waals surface area contributed by atoms with Crippen LogP contribution in [-0.4, -0.2) is 33.8 Å². The Morgan fingerprint density at radius 3 is 2.62 bits per heavy atom. The molecular formula is C25H21FN2O4. The van der Waals surface area contributed by atoms with Crippen molar-refractivity contribution in [3.05, 3.63) is 101 Å². The Bertz CT molecular complexity index is 1220. The van der Waals surface area contributed by atoms with Crippen LogP contribution in [0.3, 0.4) is 0 Å². The molecule has 0 radical (unpaired) electrons. The van der Waals surface area contributed by atoms with Gasteiger partial charge in [-0.15, -0.1) is 0 Å². The summed E-state index contributed by atoms with van der Waals surface area (Å²) in [6, 6.07) is 13.6. The Hall–Kier alpha value is -4.00. The van der Waals surface area contributed by atoms with Gasteiger partial charge in [-0.2, -0.15) is 0 Å². The van der Waals surface area contributed by atoms with Gasteiger partial charge in [-0.3, -0.25) is 14.6 Å². The summed E-state index contributed by atoms with van der Waals surface area (Å²) < 4.78 is 19.2. The topological polar surface area (TPSA) is 79.7 Å². The number of hydrogen-bond donors (Lipinski definition) is 1. The van der Waals surface area contributed by atoms with Gasteiger partial charge < -0.3 is 14.7 Å². The van der Waals surface area contributed by atoms with Crippen molar-refractivity contribution in [3.63, 3.8) is 0 Å². The lowest BCUT2D eigenvalue weighted by Crippen LogP contribution is -2.29. The lowest BCUT2D eigenvalue weighted by Gasteiger charge is -2.26. The molecule has 1 N–H and O–H groups in total. The zero-order valence-corrected chi connectivity index (χ0v) is 17.6. The highest BCUT2D eigenvalue weighted by Crippen LogP contribution is 2.42. The summed E-state index contributed by atoms with van der Waals surface area (Å²) >= 11 is 0. The average molecular weight is 432 g/mol. The molecule has 3 aromatic rings. The molecule has 1 aliphatic rings. The summed E-state index contributed by atoms with van der Waals surface area (Å²) in [6.07, 6.45) is 3.23. The Labute approximate surface area is 184 Å². The number of rotatable bonds is 5. The minimum atomic E-state index is -0.857. The number of aromatic nitrogens is 1. The molecule has 1 fully saturated rings. The largest absolute Gasteiger partial charge is 0.507 e. The van der Waals surface area contributed by atoms with Crippen LogP contribution in [0.1, 0.15) is 28.3 Å². The predicted molar refractivity (Wildman–Crippen MR) is 116 cm³/mol. The molecular weight excluding hydrogens is 411 g/mol. The van der Waals surface area contributed by atoms with Gasteiger partial charge >= 0.3 is 0 Å². The second kappa shape index (κ2) is 8.63. The number of ether oxygens (including phenoxy) is 1. The first-order valence-electron chi connectivity index (χ1n) is 9.99. The van der Waals surface area contributed by atoms with Crippen molar-refractivity contribution < 1.29 is 23.8 Å². The standard InChI is InChI=1S/C25H21FN2O4/c1-15-6-3-4-8-18(15)22-21(23(29)19-12-17(26)9-10-20(19)32-2)24(30)25(31)28(22)14-16-7-5-11-27-13-16/h3-13,22,29H,14H2,1-2H3/b23-21+. The lowest BCUT2D eigenvalue weighted by molar-refractivity contribution is -0.140. The number of amides is 1. The van der Waals surface area contributed by atoms with Gasteiger partial charge in [0.1, 0.15) is 17.3 Å². The highest BCUT2D eigenvalue weighted by atomic mass is 19.1. The SMILES string of the molecule is COc1ccc(F)cc1/C(O)=C1\C(=O)C(=O)N(Cc2cccnc2)C1c1ccccc1C. The summed E-state index contributed by atoms with van der Waals surface area (Å²) in [6.45, 7) is 1.98. The van der Waals surface area contributed by atoms with E-state index in [9.17, 15) is 19.1 Å². The first-order chi connectivity index (χ1) is 15.4. The first-order valence-corrected chi connectivity index (χ1v) is 9.99. The molecule has 0 spiro atoms. The average Bonchev–Trinajstić information content (AvgIpc) is 3.04. The molecule has 162 valence electrons. The molecule has 1 aliphatic heterocycles. The highest BCUT2D eigenvalue weighted by Gasteiger charge is 2.46. The molecule has 1 amide bonds. The third-order valence-electron chi connectivity index (χ3n) is 5.52. The number of aliphatic hydroxyl groups is 1. The van der Waals surface area contributed by atoms with Crippen LogP contribution >= 0.6 is 0 Å². The van der Waals surface area contributed by atoms with E-state index < -0.39 is 29.3 Å². The minimum Gasteiger partial charge on any atom is -0.507 e. The van der Waals surface area contributed by atoms with Crippen LogP contribution in [0.2, 0.25) is 0 Å². The van der Waals surface area contributed by atoms with Crippen LogP contribution in [0.5, 0.6) is 5.75 Å². The molecule has 2 heterocycles. The number of likely N-dealkylation sites (tertiary alicyclic amines) is 1. The zero-order chi connectivity index (χ0) is 22.8. The van der Waals surface area contributed by atoms with Crippen LogP contribution in [0.4, 0.5) is 4.39 Å². The van der Waals surface area contributed by atoms with Gasteiger partial charge in [-0.25, -0.2) is 4.39 Å². The Balaban J connectivity index is 1.93. The van der Waals surface area contributed by atoms with E-state index in [1.165, 1.54) is 24.1 Å². The van der Waals surface area contributed by atoms with Gasteiger partial charge in [0.05, 0.1) is 24.3 Å². The van der Waals surface area contributed by atoms with E-state index in [2.05, 4.69) is 4.98 Å². The van der Waals surface area contributed by atoms with E-state index in [0.29, 0.717) is 5.56 Å².